The van der Waals surface area contributed by atoms with Crippen LogP contribution in [0.2, 0.25) is 0 Å². The number of amides is 1. The molecule has 0 spiro atoms. The second kappa shape index (κ2) is 9.40. The number of carbonyl (C=O) groups excluding carboxylic acids is 1. The Morgan fingerprint density at radius 1 is 1.03 bits per heavy atom. The fourth-order valence-electron chi connectivity index (χ4n) is 4.51. The van der Waals surface area contributed by atoms with Crippen LogP contribution in [0, 0.1) is 5.92 Å². The van der Waals surface area contributed by atoms with Gasteiger partial charge in [0.2, 0.25) is 5.91 Å². The number of carbonyl (C=O) groups is 1. The topological polar surface area (TPSA) is 66.0 Å². The Morgan fingerprint density at radius 3 is 2.59 bits per heavy atom. The molecule has 6 nitrogen and oxygen atoms in total. The highest BCUT2D eigenvalue weighted by molar-refractivity contribution is 5.93. The molecule has 1 aliphatic heterocycles. The number of hydrogen-bond acceptors (Lipinski definition) is 3. The average molecular weight is 428 g/mol. The fourth-order valence-corrected chi connectivity index (χ4v) is 4.51. The molecule has 1 aliphatic rings. The second-order valence-electron chi connectivity index (χ2n) is 8.58. The fraction of sp³-hybridized carbons (Fsp3) is 0.308. The molecule has 1 fully saturated rings. The normalized spacial score (nSPS) is 15.2. The Hall–Kier alpha value is -3.38. The van der Waals surface area contributed by atoms with Gasteiger partial charge in [-0.15, -0.1) is 0 Å². The summed E-state index contributed by atoms with van der Waals surface area (Å²) in [5.74, 6) is 0.227. The summed E-state index contributed by atoms with van der Waals surface area (Å²) < 4.78 is 1.98. The molecule has 0 atom stereocenters. The summed E-state index contributed by atoms with van der Waals surface area (Å²) in [5.41, 5.74) is 4.19. The zero-order valence-electron chi connectivity index (χ0n) is 18.2. The first-order chi connectivity index (χ1) is 15.7. The third kappa shape index (κ3) is 4.75. The molecule has 4 aromatic rings. The Bertz CT molecular complexity index is 1120. The Morgan fingerprint density at radius 2 is 1.84 bits per heavy atom. The van der Waals surface area contributed by atoms with Crippen molar-refractivity contribution in [3.8, 4) is 11.3 Å². The van der Waals surface area contributed by atoms with E-state index in [1.54, 1.807) is 0 Å². The maximum atomic E-state index is 12.8. The van der Waals surface area contributed by atoms with E-state index in [4.69, 9.17) is 0 Å². The van der Waals surface area contributed by atoms with Crippen LogP contribution in [0.25, 0.3) is 22.2 Å². The molecule has 0 bridgehead atoms. The van der Waals surface area contributed by atoms with Crippen molar-refractivity contribution in [2.24, 2.45) is 5.92 Å². The van der Waals surface area contributed by atoms with E-state index >= 15 is 0 Å². The first-order valence-electron chi connectivity index (χ1n) is 11.4. The van der Waals surface area contributed by atoms with Crippen molar-refractivity contribution in [2.75, 3.05) is 25.0 Å². The van der Waals surface area contributed by atoms with E-state index in [1.165, 1.54) is 5.39 Å². The smallest absolute Gasteiger partial charge is 0.227 e. The maximum Gasteiger partial charge on any atom is 0.227 e. The van der Waals surface area contributed by atoms with Gasteiger partial charge in [-0.1, -0.05) is 30.3 Å². The van der Waals surface area contributed by atoms with Gasteiger partial charge in [0, 0.05) is 47.1 Å². The third-order valence-electron chi connectivity index (χ3n) is 6.37. The number of anilines is 1. The Labute approximate surface area is 188 Å². The van der Waals surface area contributed by atoms with Crippen LogP contribution < -0.4 is 5.32 Å². The molecule has 3 heterocycles. The van der Waals surface area contributed by atoms with Crippen LogP contribution in [0.5, 0.6) is 0 Å². The van der Waals surface area contributed by atoms with Gasteiger partial charge in [-0.05, 0) is 74.8 Å². The lowest BCUT2D eigenvalue weighted by Crippen LogP contribution is -2.38. The first kappa shape index (κ1) is 20.5. The SMILES string of the molecule is O=C(Nc1ccc(-c2cc3ccccc3[nH]2)cc1)C1CCN(CCCn2cccn2)CC1. The van der Waals surface area contributed by atoms with Gasteiger partial charge in [-0.2, -0.15) is 5.10 Å². The monoisotopic (exact) mass is 427 g/mol. The molecule has 2 N–H and O–H groups in total. The molecule has 5 rings (SSSR count). The summed E-state index contributed by atoms with van der Waals surface area (Å²) in [5, 5.41) is 8.57. The lowest BCUT2D eigenvalue weighted by Gasteiger charge is -2.31. The molecule has 1 amide bonds. The van der Waals surface area contributed by atoms with Gasteiger partial charge in [0.1, 0.15) is 0 Å². The molecule has 2 aromatic carbocycles. The van der Waals surface area contributed by atoms with Gasteiger partial charge < -0.3 is 15.2 Å². The molecule has 6 heteroatoms. The lowest BCUT2D eigenvalue weighted by molar-refractivity contribution is -0.121. The number of aryl methyl sites for hydroxylation is 1. The number of rotatable bonds is 7. The van der Waals surface area contributed by atoms with E-state index < -0.39 is 0 Å². The summed E-state index contributed by atoms with van der Waals surface area (Å²) in [4.78, 5) is 18.7. The molecule has 164 valence electrons. The van der Waals surface area contributed by atoms with Crippen LogP contribution in [0.1, 0.15) is 19.3 Å². The van der Waals surface area contributed by atoms with Crippen molar-refractivity contribution in [1.29, 1.82) is 0 Å². The quantitative estimate of drug-likeness (QED) is 0.446. The zero-order chi connectivity index (χ0) is 21.8. The molecule has 0 radical (unpaired) electrons. The number of fused-ring (bicyclic) bond motifs is 1. The summed E-state index contributed by atoms with van der Waals surface area (Å²) in [6.45, 7) is 3.97. The molecule has 32 heavy (non-hydrogen) atoms. The Balaban J connectivity index is 1.10. The van der Waals surface area contributed by atoms with E-state index in [0.29, 0.717) is 0 Å². The highest BCUT2D eigenvalue weighted by Gasteiger charge is 2.24. The number of para-hydroxylation sites is 1. The molecular formula is C26H29N5O. The predicted octanol–water partition coefficient (Wildman–Crippen LogP) is 4.77. The van der Waals surface area contributed by atoms with E-state index in [0.717, 1.165) is 67.9 Å². The number of likely N-dealkylation sites (tertiary alicyclic amines) is 1. The van der Waals surface area contributed by atoms with Crippen molar-refractivity contribution < 1.29 is 4.79 Å². The highest BCUT2D eigenvalue weighted by Crippen LogP contribution is 2.26. The highest BCUT2D eigenvalue weighted by atomic mass is 16.1. The summed E-state index contributed by atoms with van der Waals surface area (Å²) in [6, 6.07) is 20.5. The van der Waals surface area contributed by atoms with E-state index in [1.807, 2.05) is 47.4 Å². The minimum atomic E-state index is 0.0887. The summed E-state index contributed by atoms with van der Waals surface area (Å²) >= 11 is 0. The number of aromatic amines is 1. The minimum Gasteiger partial charge on any atom is -0.355 e. The van der Waals surface area contributed by atoms with Gasteiger partial charge in [0.15, 0.2) is 0 Å². The van der Waals surface area contributed by atoms with Crippen molar-refractivity contribution in [1.82, 2.24) is 19.7 Å². The van der Waals surface area contributed by atoms with Crippen LogP contribution in [-0.2, 0) is 11.3 Å². The molecule has 0 unspecified atom stereocenters. The summed E-state index contributed by atoms with van der Waals surface area (Å²) in [6.07, 6.45) is 6.74. The molecule has 1 saturated heterocycles. The van der Waals surface area contributed by atoms with Crippen LogP contribution in [0.3, 0.4) is 0 Å². The van der Waals surface area contributed by atoms with Gasteiger partial charge in [-0.25, -0.2) is 0 Å². The van der Waals surface area contributed by atoms with Crippen molar-refractivity contribution in [2.45, 2.75) is 25.8 Å². The number of aromatic nitrogens is 3. The lowest BCUT2D eigenvalue weighted by atomic mass is 9.95. The number of nitrogens with zero attached hydrogens (tertiary/aromatic N) is 3. The average Bonchev–Trinajstić information content (AvgIpc) is 3.50. The van der Waals surface area contributed by atoms with E-state index in [-0.39, 0.29) is 11.8 Å². The Kier molecular flexibility index (Phi) is 6.03. The number of hydrogen-bond donors (Lipinski definition) is 2. The number of nitrogens with one attached hydrogen (secondary N) is 2. The van der Waals surface area contributed by atoms with Gasteiger partial charge in [0.25, 0.3) is 0 Å². The van der Waals surface area contributed by atoms with Gasteiger partial charge in [-0.3, -0.25) is 9.48 Å². The number of H-pyrrole nitrogens is 1. The van der Waals surface area contributed by atoms with Crippen molar-refractivity contribution in [3.63, 3.8) is 0 Å². The second-order valence-corrected chi connectivity index (χ2v) is 8.58. The first-order valence-corrected chi connectivity index (χ1v) is 11.4. The van der Waals surface area contributed by atoms with Crippen molar-refractivity contribution >= 4 is 22.5 Å². The van der Waals surface area contributed by atoms with Crippen LogP contribution in [0.15, 0.2) is 73.1 Å². The summed E-state index contributed by atoms with van der Waals surface area (Å²) in [7, 11) is 0. The van der Waals surface area contributed by atoms with Crippen LogP contribution in [0.4, 0.5) is 5.69 Å². The third-order valence-corrected chi connectivity index (χ3v) is 6.37. The van der Waals surface area contributed by atoms with Gasteiger partial charge >= 0.3 is 0 Å². The molecule has 2 aromatic heterocycles. The molecule has 0 saturated carbocycles. The predicted molar refractivity (Wildman–Crippen MR) is 128 cm³/mol. The molecular weight excluding hydrogens is 398 g/mol. The molecule has 0 aliphatic carbocycles. The van der Waals surface area contributed by atoms with Crippen molar-refractivity contribution in [3.05, 3.63) is 73.1 Å². The zero-order valence-corrected chi connectivity index (χ0v) is 18.2. The van der Waals surface area contributed by atoms with Crippen LogP contribution >= 0.6 is 0 Å². The standard InChI is InChI=1S/C26H29N5O/c32-26(21-11-17-30(18-12-21)14-4-16-31-15-3-13-27-31)28-23-9-7-20(8-10-23)25-19-22-5-1-2-6-24(22)29-25/h1-3,5-10,13,15,19,21,29H,4,11-12,14,16-18H2,(H,28,32). The van der Waals surface area contributed by atoms with Crippen LogP contribution in [-0.4, -0.2) is 45.2 Å². The van der Waals surface area contributed by atoms with E-state index in [2.05, 4.69) is 50.6 Å². The number of benzene rings is 2. The van der Waals surface area contributed by atoms with E-state index in [9.17, 15) is 4.79 Å². The largest absolute Gasteiger partial charge is 0.355 e. The minimum absolute atomic E-state index is 0.0887. The van der Waals surface area contributed by atoms with Gasteiger partial charge in [0.05, 0.1) is 0 Å². The number of piperidine rings is 1. The maximum absolute atomic E-state index is 12.8.